The van der Waals surface area contributed by atoms with Gasteiger partial charge >= 0.3 is 0 Å². The Morgan fingerprint density at radius 1 is 1.17 bits per heavy atom. The van der Waals surface area contributed by atoms with Gasteiger partial charge in [0.1, 0.15) is 17.2 Å². The molecule has 150 valence electrons. The first-order chi connectivity index (χ1) is 14.7. The topological polar surface area (TPSA) is 99.6 Å². The van der Waals surface area contributed by atoms with E-state index >= 15 is 0 Å². The number of aromatic nitrogens is 2. The minimum atomic E-state index is -0.435. The lowest BCUT2D eigenvalue weighted by atomic mass is 10.0. The first kappa shape index (κ1) is 19.2. The average Bonchev–Trinajstić information content (AvgIpc) is 3.26. The molecule has 0 radical (unpaired) electrons. The fourth-order valence-corrected chi connectivity index (χ4v) is 3.11. The second-order valence-corrected chi connectivity index (χ2v) is 6.54. The lowest BCUT2D eigenvalue weighted by Gasteiger charge is -2.04. The van der Waals surface area contributed by atoms with E-state index < -0.39 is 5.91 Å². The van der Waals surface area contributed by atoms with E-state index in [1.54, 1.807) is 12.1 Å². The molecule has 0 fully saturated rings. The van der Waals surface area contributed by atoms with Crippen LogP contribution in [0.5, 0.6) is 11.5 Å². The number of nitrogens with zero attached hydrogens (tertiary/aromatic N) is 2. The molecule has 0 saturated carbocycles. The Morgan fingerprint density at radius 3 is 2.77 bits per heavy atom. The summed E-state index contributed by atoms with van der Waals surface area (Å²) in [6.45, 7) is 2.53. The maximum absolute atomic E-state index is 12.4. The molecule has 0 saturated heterocycles. The molecule has 0 atom stereocenters. The Kier molecular flexibility index (Phi) is 5.43. The number of aromatic amines is 1. The van der Waals surface area contributed by atoms with Crippen LogP contribution >= 0.6 is 0 Å². The van der Waals surface area contributed by atoms with Gasteiger partial charge in [-0.05, 0) is 54.1 Å². The van der Waals surface area contributed by atoms with Gasteiger partial charge in [0.2, 0.25) is 0 Å². The number of hydrogen-bond acceptors (Lipinski definition) is 5. The minimum Gasteiger partial charge on any atom is -0.507 e. The summed E-state index contributed by atoms with van der Waals surface area (Å²) in [4.78, 5) is 12.4. The van der Waals surface area contributed by atoms with Crippen LogP contribution in [0, 0.1) is 0 Å². The highest BCUT2D eigenvalue weighted by atomic mass is 16.5. The van der Waals surface area contributed by atoms with Gasteiger partial charge in [-0.1, -0.05) is 30.3 Å². The summed E-state index contributed by atoms with van der Waals surface area (Å²) in [6, 6.07) is 20.2. The van der Waals surface area contributed by atoms with Crippen molar-refractivity contribution in [1.82, 2.24) is 15.6 Å². The lowest BCUT2D eigenvalue weighted by molar-refractivity contribution is 0.0950. The molecule has 7 nitrogen and oxygen atoms in total. The predicted molar refractivity (Wildman–Crippen MR) is 116 cm³/mol. The van der Waals surface area contributed by atoms with Crippen LogP contribution < -0.4 is 10.2 Å². The molecule has 0 unspecified atom stereocenters. The van der Waals surface area contributed by atoms with E-state index in [0.717, 1.165) is 22.1 Å². The quantitative estimate of drug-likeness (QED) is 0.335. The van der Waals surface area contributed by atoms with E-state index in [-0.39, 0.29) is 11.4 Å². The van der Waals surface area contributed by atoms with E-state index in [2.05, 4.69) is 20.7 Å². The highest BCUT2D eigenvalue weighted by Gasteiger charge is 2.11. The number of ether oxygens (including phenoxy) is 1. The zero-order chi connectivity index (χ0) is 20.9. The first-order valence-corrected chi connectivity index (χ1v) is 9.48. The summed E-state index contributed by atoms with van der Waals surface area (Å²) in [5, 5.41) is 22.9. The molecule has 3 aromatic carbocycles. The van der Waals surface area contributed by atoms with Gasteiger partial charge in [-0.3, -0.25) is 9.89 Å². The molecule has 30 heavy (non-hydrogen) atoms. The average molecular weight is 400 g/mol. The fraction of sp³-hybridized carbons (Fsp3) is 0.0870. The molecule has 7 heteroatoms. The molecule has 0 spiro atoms. The normalized spacial score (nSPS) is 11.1. The predicted octanol–water partition coefficient (Wildman–Crippen LogP) is 4.10. The van der Waals surface area contributed by atoms with Gasteiger partial charge in [0.15, 0.2) is 0 Å². The number of phenols is 1. The van der Waals surface area contributed by atoms with Crippen molar-refractivity contribution in [3.8, 4) is 22.8 Å². The van der Waals surface area contributed by atoms with Gasteiger partial charge in [0.25, 0.3) is 5.91 Å². The number of hydrogen-bond donors (Lipinski definition) is 3. The van der Waals surface area contributed by atoms with Crippen molar-refractivity contribution in [2.24, 2.45) is 5.10 Å². The number of benzene rings is 3. The van der Waals surface area contributed by atoms with Gasteiger partial charge in [-0.15, -0.1) is 0 Å². The Labute approximate surface area is 173 Å². The monoisotopic (exact) mass is 400 g/mol. The van der Waals surface area contributed by atoms with Crippen LogP contribution in [0.2, 0.25) is 0 Å². The SMILES string of the molecule is CCOc1ccc(-c2cc(C(=O)NN=Cc3c(O)ccc4ccccc34)[nH]n2)cc1. The molecule has 0 aliphatic heterocycles. The maximum atomic E-state index is 12.4. The van der Waals surface area contributed by atoms with Crippen molar-refractivity contribution in [2.75, 3.05) is 6.61 Å². The van der Waals surface area contributed by atoms with E-state index in [0.29, 0.717) is 17.9 Å². The summed E-state index contributed by atoms with van der Waals surface area (Å²) in [7, 11) is 0. The van der Waals surface area contributed by atoms with Crippen LogP contribution in [0.1, 0.15) is 23.0 Å². The Bertz CT molecular complexity index is 1210. The zero-order valence-corrected chi connectivity index (χ0v) is 16.3. The van der Waals surface area contributed by atoms with Crippen molar-refractivity contribution >= 4 is 22.9 Å². The first-order valence-electron chi connectivity index (χ1n) is 9.48. The van der Waals surface area contributed by atoms with Crippen LogP contribution in [0.4, 0.5) is 0 Å². The summed E-state index contributed by atoms with van der Waals surface area (Å²) >= 11 is 0. The second kappa shape index (κ2) is 8.48. The van der Waals surface area contributed by atoms with Gasteiger partial charge in [0, 0.05) is 11.1 Å². The molecule has 0 bridgehead atoms. The molecule has 4 rings (SSSR count). The number of hydrazone groups is 1. The van der Waals surface area contributed by atoms with Gasteiger partial charge in [0.05, 0.1) is 18.5 Å². The third kappa shape index (κ3) is 4.00. The van der Waals surface area contributed by atoms with Crippen LogP contribution in [-0.2, 0) is 0 Å². The van der Waals surface area contributed by atoms with E-state index in [4.69, 9.17) is 4.74 Å². The summed E-state index contributed by atoms with van der Waals surface area (Å²) in [6.07, 6.45) is 1.43. The van der Waals surface area contributed by atoms with Gasteiger partial charge < -0.3 is 9.84 Å². The number of nitrogens with one attached hydrogen (secondary N) is 2. The van der Waals surface area contributed by atoms with Crippen molar-refractivity contribution in [3.63, 3.8) is 0 Å². The van der Waals surface area contributed by atoms with Crippen LogP contribution in [0.15, 0.2) is 71.8 Å². The van der Waals surface area contributed by atoms with Gasteiger partial charge in [-0.2, -0.15) is 10.2 Å². The molecule has 3 N–H and O–H groups in total. The number of aromatic hydroxyl groups is 1. The summed E-state index contributed by atoms with van der Waals surface area (Å²) in [5.41, 5.74) is 4.77. The van der Waals surface area contributed by atoms with Gasteiger partial charge in [-0.25, -0.2) is 5.43 Å². The van der Waals surface area contributed by atoms with E-state index in [9.17, 15) is 9.90 Å². The molecule has 1 amide bonds. The molecule has 1 heterocycles. The third-order valence-electron chi connectivity index (χ3n) is 4.59. The minimum absolute atomic E-state index is 0.0889. The van der Waals surface area contributed by atoms with Crippen molar-refractivity contribution in [1.29, 1.82) is 0 Å². The molecule has 1 aromatic heterocycles. The molecule has 0 aliphatic rings. The smallest absolute Gasteiger partial charge is 0.289 e. The zero-order valence-electron chi connectivity index (χ0n) is 16.3. The highest BCUT2D eigenvalue weighted by molar-refractivity contribution is 6.03. The Balaban J connectivity index is 1.47. The maximum Gasteiger partial charge on any atom is 0.289 e. The second-order valence-electron chi connectivity index (χ2n) is 6.54. The van der Waals surface area contributed by atoms with Crippen molar-refractivity contribution in [2.45, 2.75) is 6.92 Å². The molecule has 0 aliphatic carbocycles. The Morgan fingerprint density at radius 2 is 1.97 bits per heavy atom. The molecular formula is C23H20N4O3. The van der Waals surface area contributed by atoms with Crippen LogP contribution in [0.3, 0.4) is 0 Å². The summed E-state index contributed by atoms with van der Waals surface area (Å²) in [5.74, 6) is 0.433. The number of fused-ring (bicyclic) bond motifs is 1. The number of rotatable bonds is 6. The van der Waals surface area contributed by atoms with Crippen molar-refractivity contribution in [3.05, 3.63) is 78.0 Å². The van der Waals surface area contributed by atoms with Crippen molar-refractivity contribution < 1.29 is 14.6 Å². The number of carbonyl (C=O) groups excluding carboxylic acids is 1. The van der Waals surface area contributed by atoms with E-state index in [1.807, 2.05) is 61.5 Å². The fourth-order valence-electron chi connectivity index (χ4n) is 3.11. The van der Waals surface area contributed by atoms with Crippen LogP contribution in [-0.4, -0.2) is 34.0 Å². The number of phenolic OH excluding ortho intramolecular Hbond substituents is 1. The summed E-state index contributed by atoms with van der Waals surface area (Å²) < 4.78 is 5.43. The van der Waals surface area contributed by atoms with E-state index in [1.165, 1.54) is 6.21 Å². The standard InChI is InChI=1S/C23H20N4O3/c1-2-30-17-10-7-16(8-11-17)20-13-21(26-25-20)23(29)27-24-14-19-18-6-4-3-5-15(18)9-12-22(19)28/h3-14,28H,2H2,1H3,(H,25,26)(H,27,29). The third-order valence-corrected chi connectivity index (χ3v) is 4.59. The Hall–Kier alpha value is -4.13. The van der Waals surface area contributed by atoms with Crippen LogP contribution in [0.25, 0.3) is 22.0 Å². The number of H-pyrrole nitrogens is 1. The number of carbonyl (C=O) groups is 1. The largest absolute Gasteiger partial charge is 0.507 e. The molecular weight excluding hydrogens is 380 g/mol. The lowest BCUT2D eigenvalue weighted by Crippen LogP contribution is -2.18. The number of amides is 1. The highest BCUT2D eigenvalue weighted by Crippen LogP contribution is 2.25. The molecule has 4 aromatic rings.